The second-order valence-corrected chi connectivity index (χ2v) is 3.27. The van der Waals surface area contributed by atoms with Crippen molar-refractivity contribution < 1.29 is 0 Å². The second-order valence-electron chi connectivity index (χ2n) is 3.27. The van der Waals surface area contributed by atoms with Crippen LogP contribution in [-0.2, 0) is 0 Å². The lowest BCUT2D eigenvalue weighted by Gasteiger charge is -2.01. The number of rotatable bonds is 3. The first-order valence-electron chi connectivity index (χ1n) is 4.72. The smallest absolute Gasteiger partial charge is 0.0140 e. The molecular formula is C12H17N. The Morgan fingerprint density at radius 3 is 2.77 bits per heavy atom. The first-order valence-corrected chi connectivity index (χ1v) is 4.72. The number of nitrogens with two attached hydrogens (primary N) is 1. The molecule has 0 amide bonds. The van der Waals surface area contributed by atoms with Crippen molar-refractivity contribution in [3.05, 3.63) is 41.0 Å². The van der Waals surface area contributed by atoms with Crippen molar-refractivity contribution in [2.75, 3.05) is 6.54 Å². The van der Waals surface area contributed by atoms with Crippen LogP contribution in [0.3, 0.4) is 0 Å². The van der Waals surface area contributed by atoms with Gasteiger partial charge in [0.25, 0.3) is 0 Å². The normalized spacial score (nSPS) is 11.8. The lowest BCUT2D eigenvalue weighted by molar-refractivity contribution is 1.02. The van der Waals surface area contributed by atoms with E-state index in [-0.39, 0.29) is 0 Å². The molecule has 0 bridgehead atoms. The highest BCUT2D eigenvalue weighted by atomic mass is 14.5. The average Bonchev–Trinajstić information content (AvgIpc) is 2.14. The van der Waals surface area contributed by atoms with Crippen LogP contribution in [-0.4, -0.2) is 6.54 Å². The third kappa shape index (κ3) is 3.03. The van der Waals surface area contributed by atoms with Gasteiger partial charge in [-0.15, -0.1) is 0 Å². The van der Waals surface area contributed by atoms with Crippen molar-refractivity contribution in [1.29, 1.82) is 0 Å². The maximum absolute atomic E-state index is 5.60. The molecule has 0 aliphatic rings. The Kier molecular flexibility index (Phi) is 3.71. The van der Waals surface area contributed by atoms with Gasteiger partial charge in [-0.25, -0.2) is 0 Å². The van der Waals surface area contributed by atoms with Crippen LogP contribution in [0.4, 0.5) is 0 Å². The van der Waals surface area contributed by atoms with Gasteiger partial charge in [-0.05, 0) is 18.9 Å². The summed E-state index contributed by atoms with van der Waals surface area (Å²) < 4.78 is 0. The molecule has 2 N–H and O–H groups in total. The van der Waals surface area contributed by atoms with Crippen LogP contribution in [0.2, 0.25) is 0 Å². The summed E-state index contributed by atoms with van der Waals surface area (Å²) in [5.41, 5.74) is 9.44. The third-order valence-electron chi connectivity index (χ3n) is 2.13. The molecule has 0 fully saturated rings. The third-order valence-corrected chi connectivity index (χ3v) is 2.13. The zero-order valence-corrected chi connectivity index (χ0v) is 8.38. The van der Waals surface area contributed by atoms with E-state index in [1.807, 2.05) is 0 Å². The zero-order chi connectivity index (χ0) is 9.68. The van der Waals surface area contributed by atoms with Gasteiger partial charge in [-0.2, -0.15) is 0 Å². The van der Waals surface area contributed by atoms with E-state index in [9.17, 15) is 0 Å². The van der Waals surface area contributed by atoms with Crippen LogP contribution in [0.25, 0.3) is 6.08 Å². The number of hydrogen-bond acceptors (Lipinski definition) is 1. The van der Waals surface area contributed by atoms with E-state index in [0.29, 0.717) is 6.54 Å². The average molecular weight is 175 g/mol. The van der Waals surface area contributed by atoms with Crippen molar-refractivity contribution in [2.45, 2.75) is 20.3 Å². The second kappa shape index (κ2) is 4.83. The van der Waals surface area contributed by atoms with Gasteiger partial charge in [0, 0.05) is 6.54 Å². The zero-order valence-electron chi connectivity index (χ0n) is 8.38. The highest BCUT2D eigenvalue weighted by Gasteiger charge is 1.92. The van der Waals surface area contributed by atoms with Gasteiger partial charge in [0.2, 0.25) is 0 Å². The van der Waals surface area contributed by atoms with Crippen LogP contribution in [0.15, 0.2) is 29.8 Å². The Labute approximate surface area is 80.3 Å². The standard InChI is InChI=1S/C12H17N/c1-3-11(9-13)8-12-6-4-5-10(2)7-12/h4-8H,3,9,13H2,1-2H3. The molecular weight excluding hydrogens is 158 g/mol. The molecule has 1 heteroatoms. The van der Waals surface area contributed by atoms with E-state index in [2.05, 4.69) is 44.2 Å². The Morgan fingerprint density at radius 1 is 1.46 bits per heavy atom. The molecule has 0 aromatic heterocycles. The van der Waals surface area contributed by atoms with Gasteiger partial charge < -0.3 is 5.73 Å². The molecule has 13 heavy (non-hydrogen) atoms. The summed E-state index contributed by atoms with van der Waals surface area (Å²) in [5, 5.41) is 0. The summed E-state index contributed by atoms with van der Waals surface area (Å²) in [5.74, 6) is 0. The number of hydrogen-bond donors (Lipinski definition) is 1. The monoisotopic (exact) mass is 175 g/mol. The molecule has 0 saturated carbocycles. The van der Waals surface area contributed by atoms with Gasteiger partial charge in [-0.1, -0.05) is 48.4 Å². The maximum atomic E-state index is 5.60. The Hall–Kier alpha value is -1.08. The molecule has 0 heterocycles. The molecule has 1 nitrogen and oxygen atoms in total. The Bertz CT molecular complexity index is 294. The Morgan fingerprint density at radius 2 is 2.23 bits per heavy atom. The minimum absolute atomic E-state index is 0.657. The van der Waals surface area contributed by atoms with Crippen molar-refractivity contribution in [2.24, 2.45) is 5.73 Å². The first kappa shape index (κ1) is 10.0. The topological polar surface area (TPSA) is 26.0 Å². The van der Waals surface area contributed by atoms with Crippen molar-refractivity contribution in [3.8, 4) is 0 Å². The van der Waals surface area contributed by atoms with Crippen LogP contribution < -0.4 is 5.73 Å². The predicted octanol–water partition coefficient (Wildman–Crippen LogP) is 2.75. The van der Waals surface area contributed by atoms with E-state index in [1.54, 1.807) is 0 Å². The van der Waals surface area contributed by atoms with Gasteiger partial charge in [0.1, 0.15) is 0 Å². The molecule has 0 saturated heterocycles. The van der Waals surface area contributed by atoms with Crippen LogP contribution in [0.5, 0.6) is 0 Å². The molecule has 70 valence electrons. The number of aryl methyl sites for hydroxylation is 1. The summed E-state index contributed by atoms with van der Waals surface area (Å²) in [6, 6.07) is 8.46. The molecule has 0 spiro atoms. The predicted molar refractivity (Wildman–Crippen MR) is 58.5 cm³/mol. The summed E-state index contributed by atoms with van der Waals surface area (Å²) in [4.78, 5) is 0. The van der Waals surface area contributed by atoms with Crippen molar-refractivity contribution in [1.82, 2.24) is 0 Å². The first-order chi connectivity index (χ1) is 6.26. The van der Waals surface area contributed by atoms with E-state index in [0.717, 1.165) is 6.42 Å². The fourth-order valence-corrected chi connectivity index (χ4v) is 1.30. The van der Waals surface area contributed by atoms with E-state index >= 15 is 0 Å². The summed E-state index contributed by atoms with van der Waals surface area (Å²) >= 11 is 0. The molecule has 1 rings (SSSR count). The van der Waals surface area contributed by atoms with E-state index < -0.39 is 0 Å². The molecule has 0 unspecified atom stereocenters. The molecule has 0 atom stereocenters. The van der Waals surface area contributed by atoms with Gasteiger partial charge in [0.15, 0.2) is 0 Å². The van der Waals surface area contributed by atoms with Crippen molar-refractivity contribution in [3.63, 3.8) is 0 Å². The maximum Gasteiger partial charge on any atom is 0.0140 e. The summed E-state index contributed by atoms with van der Waals surface area (Å²) in [6.45, 7) is 4.89. The largest absolute Gasteiger partial charge is 0.327 e. The van der Waals surface area contributed by atoms with E-state index in [4.69, 9.17) is 5.73 Å². The fourth-order valence-electron chi connectivity index (χ4n) is 1.30. The SMILES string of the molecule is CCC(=Cc1cccc(C)c1)CN. The summed E-state index contributed by atoms with van der Waals surface area (Å²) in [7, 11) is 0. The van der Waals surface area contributed by atoms with Gasteiger partial charge in [0.05, 0.1) is 0 Å². The minimum atomic E-state index is 0.657. The fraction of sp³-hybridized carbons (Fsp3) is 0.333. The van der Waals surface area contributed by atoms with Gasteiger partial charge in [-0.3, -0.25) is 0 Å². The lowest BCUT2D eigenvalue weighted by Crippen LogP contribution is -2.01. The van der Waals surface area contributed by atoms with Crippen LogP contribution >= 0.6 is 0 Å². The van der Waals surface area contributed by atoms with Crippen LogP contribution in [0.1, 0.15) is 24.5 Å². The highest BCUT2D eigenvalue weighted by Crippen LogP contribution is 2.10. The quantitative estimate of drug-likeness (QED) is 0.751. The molecule has 0 aliphatic carbocycles. The summed E-state index contributed by atoms with van der Waals surface area (Å²) in [6.07, 6.45) is 3.21. The molecule has 0 aliphatic heterocycles. The molecule has 1 aromatic rings. The van der Waals surface area contributed by atoms with Crippen molar-refractivity contribution >= 4 is 6.08 Å². The minimum Gasteiger partial charge on any atom is -0.327 e. The molecule has 1 aromatic carbocycles. The lowest BCUT2D eigenvalue weighted by atomic mass is 10.1. The number of benzene rings is 1. The Balaban J connectivity index is 2.89. The van der Waals surface area contributed by atoms with Gasteiger partial charge >= 0.3 is 0 Å². The van der Waals surface area contributed by atoms with Crippen LogP contribution in [0, 0.1) is 6.92 Å². The van der Waals surface area contributed by atoms with E-state index in [1.165, 1.54) is 16.7 Å². The highest BCUT2D eigenvalue weighted by molar-refractivity contribution is 5.53. The molecule has 0 radical (unpaired) electrons.